The van der Waals surface area contributed by atoms with Crippen LogP contribution in [0.1, 0.15) is 39.5 Å². The number of alkyl halides is 3. The Labute approximate surface area is 106 Å². The van der Waals surface area contributed by atoms with E-state index < -0.39 is 40.4 Å². The molecule has 0 heterocycles. The van der Waals surface area contributed by atoms with Crippen LogP contribution in [0.2, 0.25) is 0 Å². The Kier molecular flexibility index (Phi) is 6.59. The topological polar surface area (TPSA) is 66.4 Å². The molecule has 0 aliphatic heterocycles. The van der Waals surface area contributed by atoms with E-state index in [1.807, 2.05) is 0 Å². The number of rotatable bonds is 8. The zero-order chi connectivity index (χ0) is 14.4. The number of nitrogens with one attached hydrogen (secondary N) is 1. The van der Waals surface area contributed by atoms with Crippen molar-refractivity contribution >= 4 is 10.0 Å². The van der Waals surface area contributed by atoms with Gasteiger partial charge in [0.05, 0.1) is 11.4 Å². The number of halogens is 3. The van der Waals surface area contributed by atoms with Crippen molar-refractivity contribution in [1.29, 1.82) is 0 Å². The molecule has 2 N–H and O–H groups in total. The molecule has 0 fully saturated rings. The Balaban J connectivity index is 4.17. The fourth-order valence-corrected chi connectivity index (χ4v) is 2.44. The first kappa shape index (κ1) is 17.7. The van der Waals surface area contributed by atoms with Crippen molar-refractivity contribution in [3.05, 3.63) is 0 Å². The molecule has 0 bridgehead atoms. The second-order valence-electron chi connectivity index (χ2n) is 4.29. The van der Waals surface area contributed by atoms with E-state index in [1.54, 1.807) is 13.8 Å². The minimum absolute atomic E-state index is 0.172. The smallest absolute Gasteiger partial charge is 0.389 e. The molecule has 0 rings (SSSR count). The van der Waals surface area contributed by atoms with Gasteiger partial charge < -0.3 is 5.11 Å². The molecule has 0 aromatic rings. The molecular formula is C10H20F3NO3S. The molecule has 110 valence electrons. The maximum Gasteiger partial charge on any atom is 0.389 e. The molecule has 0 spiro atoms. The van der Waals surface area contributed by atoms with Gasteiger partial charge in [-0.25, -0.2) is 13.1 Å². The summed E-state index contributed by atoms with van der Waals surface area (Å²) in [5, 5.41) is 9.84. The van der Waals surface area contributed by atoms with Crippen LogP contribution >= 0.6 is 0 Å². The second-order valence-corrected chi connectivity index (χ2v) is 6.22. The summed E-state index contributed by atoms with van der Waals surface area (Å²) < 4.78 is 60.5. The third kappa shape index (κ3) is 7.88. The Hall–Kier alpha value is -0.340. The SMILES string of the molecule is CCC(O)(CC)CNS(=O)(=O)CCCC(F)(F)F. The highest BCUT2D eigenvalue weighted by molar-refractivity contribution is 7.89. The molecule has 0 unspecified atom stereocenters. The number of aliphatic hydroxyl groups is 1. The molecule has 4 nitrogen and oxygen atoms in total. The average Bonchev–Trinajstić information content (AvgIpc) is 2.24. The third-order valence-electron chi connectivity index (χ3n) is 2.81. The standard InChI is InChI=1S/C10H20F3NO3S/c1-3-9(15,4-2)8-14-18(16,17)7-5-6-10(11,12)13/h14-15H,3-8H2,1-2H3. The van der Waals surface area contributed by atoms with Crippen LogP contribution in [0.15, 0.2) is 0 Å². The molecule has 0 saturated heterocycles. The van der Waals surface area contributed by atoms with Gasteiger partial charge in [0.1, 0.15) is 0 Å². The summed E-state index contributed by atoms with van der Waals surface area (Å²) in [4.78, 5) is 0. The fraction of sp³-hybridized carbons (Fsp3) is 1.00. The second kappa shape index (κ2) is 6.72. The van der Waals surface area contributed by atoms with Crippen molar-refractivity contribution in [3.8, 4) is 0 Å². The van der Waals surface area contributed by atoms with E-state index in [1.165, 1.54) is 0 Å². The highest BCUT2D eigenvalue weighted by atomic mass is 32.2. The van der Waals surface area contributed by atoms with E-state index in [4.69, 9.17) is 0 Å². The molecule has 0 atom stereocenters. The minimum Gasteiger partial charge on any atom is -0.389 e. The lowest BCUT2D eigenvalue weighted by Gasteiger charge is -2.25. The molecule has 0 radical (unpaired) electrons. The molecular weight excluding hydrogens is 271 g/mol. The summed E-state index contributed by atoms with van der Waals surface area (Å²) >= 11 is 0. The zero-order valence-corrected chi connectivity index (χ0v) is 11.4. The lowest BCUT2D eigenvalue weighted by molar-refractivity contribution is -0.134. The zero-order valence-electron chi connectivity index (χ0n) is 10.5. The molecule has 0 aromatic heterocycles. The van der Waals surface area contributed by atoms with Gasteiger partial charge >= 0.3 is 6.18 Å². The van der Waals surface area contributed by atoms with E-state index >= 15 is 0 Å². The summed E-state index contributed by atoms with van der Waals surface area (Å²) in [6.45, 7) is 3.25. The monoisotopic (exact) mass is 291 g/mol. The first-order valence-electron chi connectivity index (χ1n) is 5.80. The number of hydrogen-bond acceptors (Lipinski definition) is 3. The maximum absolute atomic E-state index is 11.9. The summed E-state index contributed by atoms with van der Waals surface area (Å²) in [6, 6.07) is 0. The quantitative estimate of drug-likeness (QED) is 0.716. The molecule has 0 aliphatic rings. The van der Waals surface area contributed by atoms with Crippen LogP contribution in [0.25, 0.3) is 0 Å². The maximum atomic E-state index is 11.9. The van der Waals surface area contributed by atoms with E-state index in [9.17, 15) is 26.7 Å². The number of hydrogen-bond donors (Lipinski definition) is 2. The van der Waals surface area contributed by atoms with Crippen LogP contribution in [-0.2, 0) is 10.0 Å². The van der Waals surface area contributed by atoms with Crippen LogP contribution in [0, 0.1) is 0 Å². The van der Waals surface area contributed by atoms with Gasteiger partial charge in [0.15, 0.2) is 0 Å². The van der Waals surface area contributed by atoms with Gasteiger partial charge in [-0.3, -0.25) is 0 Å². The molecule has 0 amide bonds. The summed E-state index contributed by atoms with van der Waals surface area (Å²) in [5.41, 5.74) is -1.14. The molecule has 0 saturated carbocycles. The van der Waals surface area contributed by atoms with E-state index in [-0.39, 0.29) is 6.54 Å². The number of sulfonamides is 1. The van der Waals surface area contributed by atoms with Crippen LogP contribution < -0.4 is 4.72 Å². The normalized spacial score (nSPS) is 13.9. The van der Waals surface area contributed by atoms with Gasteiger partial charge in [-0.05, 0) is 19.3 Å². The Bertz CT molecular complexity index is 337. The molecule has 18 heavy (non-hydrogen) atoms. The molecule has 0 aliphatic carbocycles. The minimum atomic E-state index is -4.34. The van der Waals surface area contributed by atoms with Gasteiger partial charge in [-0.1, -0.05) is 13.8 Å². The summed E-state index contributed by atoms with van der Waals surface area (Å²) in [6.07, 6.45) is -5.21. The van der Waals surface area contributed by atoms with E-state index in [2.05, 4.69) is 4.72 Å². The first-order chi connectivity index (χ1) is 8.04. The van der Waals surface area contributed by atoms with Gasteiger partial charge in [-0.15, -0.1) is 0 Å². The Morgan fingerprint density at radius 1 is 1.17 bits per heavy atom. The lowest BCUT2D eigenvalue weighted by atomic mass is 9.98. The predicted octanol–water partition coefficient (Wildman–Crippen LogP) is 1.80. The van der Waals surface area contributed by atoms with Crippen molar-refractivity contribution in [2.24, 2.45) is 0 Å². The molecule has 8 heteroatoms. The van der Waals surface area contributed by atoms with Gasteiger partial charge in [0.2, 0.25) is 10.0 Å². The van der Waals surface area contributed by atoms with Gasteiger partial charge in [-0.2, -0.15) is 13.2 Å². The highest BCUT2D eigenvalue weighted by Crippen LogP contribution is 2.21. The highest BCUT2D eigenvalue weighted by Gasteiger charge is 2.28. The molecule has 0 aromatic carbocycles. The summed E-state index contributed by atoms with van der Waals surface area (Å²) in [7, 11) is -3.77. The van der Waals surface area contributed by atoms with Crippen molar-refractivity contribution in [2.45, 2.75) is 51.3 Å². The third-order valence-corrected chi connectivity index (χ3v) is 4.22. The lowest BCUT2D eigenvalue weighted by Crippen LogP contribution is -2.42. The van der Waals surface area contributed by atoms with Crippen LogP contribution in [0.4, 0.5) is 13.2 Å². The largest absolute Gasteiger partial charge is 0.389 e. The van der Waals surface area contributed by atoms with Crippen LogP contribution in [-0.4, -0.2) is 37.6 Å². The Morgan fingerprint density at radius 3 is 2.06 bits per heavy atom. The predicted molar refractivity (Wildman–Crippen MR) is 62.6 cm³/mol. The first-order valence-corrected chi connectivity index (χ1v) is 7.45. The average molecular weight is 291 g/mol. The van der Waals surface area contributed by atoms with Gasteiger partial charge in [0, 0.05) is 13.0 Å². The van der Waals surface area contributed by atoms with Crippen molar-refractivity contribution in [1.82, 2.24) is 4.72 Å². The van der Waals surface area contributed by atoms with Crippen molar-refractivity contribution < 1.29 is 26.7 Å². The van der Waals surface area contributed by atoms with E-state index in [0.717, 1.165) is 0 Å². The Morgan fingerprint density at radius 2 is 1.67 bits per heavy atom. The van der Waals surface area contributed by atoms with Gasteiger partial charge in [0.25, 0.3) is 0 Å². The van der Waals surface area contributed by atoms with E-state index in [0.29, 0.717) is 12.8 Å². The fourth-order valence-electron chi connectivity index (χ4n) is 1.28. The van der Waals surface area contributed by atoms with Crippen molar-refractivity contribution in [2.75, 3.05) is 12.3 Å². The van der Waals surface area contributed by atoms with Crippen LogP contribution in [0.5, 0.6) is 0 Å². The summed E-state index contributed by atoms with van der Waals surface area (Å²) in [5.74, 6) is -0.587. The van der Waals surface area contributed by atoms with Crippen LogP contribution in [0.3, 0.4) is 0 Å². The van der Waals surface area contributed by atoms with Crippen molar-refractivity contribution in [3.63, 3.8) is 0 Å².